The molecule has 0 amide bonds. The van der Waals surface area contributed by atoms with Crippen LogP contribution in [0.15, 0.2) is 12.7 Å². The first-order valence-electron chi connectivity index (χ1n) is 11.1. The summed E-state index contributed by atoms with van der Waals surface area (Å²) in [6, 6.07) is 0. The highest BCUT2D eigenvalue weighted by Crippen LogP contribution is 2.24. The monoisotopic (exact) mass is 418 g/mol. The summed E-state index contributed by atoms with van der Waals surface area (Å²) in [5.41, 5.74) is -0.692. The molecule has 0 radical (unpaired) electrons. The van der Waals surface area contributed by atoms with Crippen molar-refractivity contribution in [3.8, 4) is 0 Å². The number of halogens is 5. The van der Waals surface area contributed by atoms with Crippen LogP contribution < -0.4 is 0 Å². The van der Waals surface area contributed by atoms with Crippen LogP contribution in [0.5, 0.6) is 0 Å². The fourth-order valence-electron chi connectivity index (χ4n) is 3.58. The van der Waals surface area contributed by atoms with Crippen molar-refractivity contribution in [2.75, 3.05) is 0 Å². The minimum atomic E-state index is -2.09. The van der Waals surface area contributed by atoms with Crippen molar-refractivity contribution in [1.29, 1.82) is 0 Å². The molecule has 0 saturated carbocycles. The van der Waals surface area contributed by atoms with E-state index in [-0.39, 0.29) is 6.42 Å². The minimum absolute atomic E-state index is 0.126. The van der Waals surface area contributed by atoms with E-state index in [1.807, 2.05) is 6.08 Å². The summed E-state index contributed by atoms with van der Waals surface area (Å²) in [5, 5.41) is 0. The molecule has 29 heavy (non-hydrogen) atoms. The van der Waals surface area contributed by atoms with E-state index in [0.29, 0.717) is 6.42 Å². The minimum Gasteiger partial charge on any atom is -0.203 e. The van der Waals surface area contributed by atoms with E-state index >= 15 is 0 Å². The Morgan fingerprint density at radius 2 is 0.759 bits per heavy atom. The Balaban J connectivity index is 1.99. The van der Waals surface area contributed by atoms with Crippen molar-refractivity contribution < 1.29 is 22.0 Å². The molecule has 166 valence electrons. The fourth-order valence-corrected chi connectivity index (χ4v) is 3.58. The number of allylic oxidation sites excluding steroid dienone is 1. The molecule has 0 aliphatic carbocycles. The van der Waals surface area contributed by atoms with Gasteiger partial charge in [-0.25, -0.2) is 22.0 Å². The molecule has 1 aromatic rings. The smallest absolute Gasteiger partial charge is 0.200 e. The molecule has 0 fully saturated rings. The molecule has 0 aliphatic rings. The summed E-state index contributed by atoms with van der Waals surface area (Å²) in [6.45, 7) is 3.73. The summed E-state index contributed by atoms with van der Waals surface area (Å²) >= 11 is 0. The lowest BCUT2D eigenvalue weighted by molar-refractivity contribution is 0.368. The average Bonchev–Trinajstić information content (AvgIpc) is 2.72. The molecular weight excluding hydrogens is 383 g/mol. The van der Waals surface area contributed by atoms with Gasteiger partial charge in [0.1, 0.15) is 0 Å². The second-order valence-electron chi connectivity index (χ2n) is 7.83. The van der Waals surface area contributed by atoms with Gasteiger partial charge < -0.3 is 0 Å². The molecular formula is C24H35F5. The third kappa shape index (κ3) is 9.77. The molecule has 5 heteroatoms. The Labute approximate surface area is 172 Å². The lowest BCUT2D eigenvalue weighted by Crippen LogP contribution is -2.07. The lowest BCUT2D eigenvalue weighted by Gasteiger charge is -2.08. The summed E-state index contributed by atoms with van der Waals surface area (Å²) in [7, 11) is 0. The van der Waals surface area contributed by atoms with Gasteiger partial charge in [0.25, 0.3) is 0 Å². The van der Waals surface area contributed by atoms with Crippen LogP contribution in [-0.4, -0.2) is 0 Å². The van der Waals surface area contributed by atoms with Gasteiger partial charge in [0.05, 0.1) is 0 Å². The van der Waals surface area contributed by atoms with Gasteiger partial charge >= 0.3 is 0 Å². The van der Waals surface area contributed by atoms with Gasteiger partial charge in [-0.1, -0.05) is 83.1 Å². The van der Waals surface area contributed by atoms with Crippen LogP contribution in [0.4, 0.5) is 22.0 Å². The Kier molecular flexibility index (Phi) is 13.7. The first-order valence-corrected chi connectivity index (χ1v) is 11.1. The Morgan fingerprint density at radius 3 is 1.14 bits per heavy atom. The molecule has 0 atom stereocenters. The van der Waals surface area contributed by atoms with Crippen LogP contribution in [0.25, 0.3) is 0 Å². The number of hydrogen-bond donors (Lipinski definition) is 0. The fraction of sp³-hybridized carbons (Fsp3) is 0.667. The summed E-state index contributed by atoms with van der Waals surface area (Å²) in [5.74, 6) is -9.19. The number of unbranched alkanes of at least 4 members (excludes halogenated alkanes) is 14. The molecule has 0 aliphatic heterocycles. The lowest BCUT2D eigenvalue weighted by atomic mass is 10.0. The standard InChI is InChI=1S/C24H35F5/c1-2-3-4-5-6-7-8-9-10-11-12-13-14-15-16-17-18-19-20(25)22(27)24(29)23(28)21(19)26/h2H,1,3-18H2. The van der Waals surface area contributed by atoms with Gasteiger partial charge in [0.15, 0.2) is 23.3 Å². The van der Waals surface area contributed by atoms with Crippen molar-refractivity contribution in [1.82, 2.24) is 0 Å². The predicted octanol–water partition coefficient (Wildman–Crippen LogP) is 8.96. The Bertz CT molecular complexity index is 568. The van der Waals surface area contributed by atoms with Crippen LogP contribution >= 0.6 is 0 Å². The van der Waals surface area contributed by atoms with Gasteiger partial charge in [0.2, 0.25) is 5.82 Å². The Morgan fingerprint density at radius 1 is 0.448 bits per heavy atom. The van der Waals surface area contributed by atoms with E-state index in [0.717, 1.165) is 32.1 Å². The largest absolute Gasteiger partial charge is 0.203 e. The summed E-state index contributed by atoms with van der Waals surface area (Å²) in [4.78, 5) is 0. The highest BCUT2D eigenvalue weighted by atomic mass is 19.2. The van der Waals surface area contributed by atoms with E-state index in [9.17, 15) is 22.0 Å². The van der Waals surface area contributed by atoms with Crippen molar-refractivity contribution in [3.63, 3.8) is 0 Å². The third-order valence-electron chi connectivity index (χ3n) is 5.39. The van der Waals surface area contributed by atoms with E-state index in [1.165, 1.54) is 57.8 Å². The second-order valence-corrected chi connectivity index (χ2v) is 7.83. The first-order chi connectivity index (χ1) is 14.0. The predicted molar refractivity (Wildman–Crippen MR) is 109 cm³/mol. The van der Waals surface area contributed by atoms with E-state index in [2.05, 4.69) is 6.58 Å². The zero-order chi connectivity index (χ0) is 21.5. The molecule has 0 heterocycles. The zero-order valence-electron chi connectivity index (χ0n) is 17.5. The van der Waals surface area contributed by atoms with E-state index in [1.54, 1.807) is 0 Å². The van der Waals surface area contributed by atoms with Crippen molar-refractivity contribution in [2.45, 2.75) is 103 Å². The normalized spacial score (nSPS) is 11.2. The molecule has 0 unspecified atom stereocenters. The summed E-state index contributed by atoms with van der Waals surface area (Å²) in [6.07, 6.45) is 18.7. The Hall–Kier alpha value is -1.39. The van der Waals surface area contributed by atoms with Gasteiger partial charge in [0, 0.05) is 5.56 Å². The molecule has 0 spiro atoms. The zero-order valence-corrected chi connectivity index (χ0v) is 17.5. The van der Waals surface area contributed by atoms with Crippen molar-refractivity contribution >= 4 is 0 Å². The highest BCUT2D eigenvalue weighted by Gasteiger charge is 2.24. The van der Waals surface area contributed by atoms with Crippen LogP contribution in [-0.2, 0) is 6.42 Å². The molecule has 0 saturated heterocycles. The quantitative estimate of drug-likeness (QED) is 0.0778. The van der Waals surface area contributed by atoms with Gasteiger partial charge in [-0.05, 0) is 25.7 Å². The van der Waals surface area contributed by atoms with Gasteiger partial charge in [-0.2, -0.15) is 0 Å². The highest BCUT2D eigenvalue weighted by molar-refractivity contribution is 5.24. The van der Waals surface area contributed by atoms with Crippen LogP contribution in [0, 0.1) is 29.1 Å². The van der Waals surface area contributed by atoms with Gasteiger partial charge in [-0.15, -0.1) is 6.58 Å². The van der Waals surface area contributed by atoms with Gasteiger partial charge in [-0.3, -0.25) is 0 Å². The molecule has 1 rings (SSSR count). The van der Waals surface area contributed by atoms with Crippen molar-refractivity contribution in [2.24, 2.45) is 0 Å². The molecule has 0 N–H and O–H groups in total. The maximum Gasteiger partial charge on any atom is 0.200 e. The number of rotatable bonds is 17. The average molecular weight is 419 g/mol. The van der Waals surface area contributed by atoms with E-state index in [4.69, 9.17) is 0 Å². The van der Waals surface area contributed by atoms with E-state index < -0.39 is 34.6 Å². The number of hydrogen-bond acceptors (Lipinski definition) is 0. The maximum atomic E-state index is 13.6. The third-order valence-corrected chi connectivity index (χ3v) is 5.39. The SMILES string of the molecule is C=CCCCCCCCCCCCCCCCCc1c(F)c(F)c(F)c(F)c1F. The van der Waals surface area contributed by atoms with Crippen LogP contribution in [0.1, 0.15) is 102 Å². The molecule has 0 bridgehead atoms. The topological polar surface area (TPSA) is 0 Å². The van der Waals surface area contributed by atoms with Crippen LogP contribution in [0.2, 0.25) is 0 Å². The summed E-state index contributed by atoms with van der Waals surface area (Å²) < 4.78 is 66.4. The molecule has 1 aromatic carbocycles. The van der Waals surface area contributed by atoms with Crippen LogP contribution in [0.3, 0.4) is 0 Å². The molecule has 0 nitrogen and oxygen atoms in total. The second kappa shape index (κ2) is 15.4. The maximum absolute atomic E-state index is 13.6. The number of benzene rings is 1. The molecule has 0 aromatic heterocycles. The van der Waals surface area contributed by atoms with Crippen molar-refractivity contribution in [3.05, 3.63) is 47.3 Å². The first kappa shape index (κ1) is 25.6.